The minimum Gasteiger partial charge on any atom is -0.504 e. The second-order valence-corrected chi connectivity index (χ2v) is 13.5. The second kappa shape index (κ2) is 13.3. The van der Waals surface area contributed by atoms with Gasteiger partial charge in [0.2, 0.25) is 5.75 Å². The van der Waals surface area contributed by atoms with E-state index in [9.17, 15) is 15.3 Å². The number of nitrogen functional groups attached to an aromatic ring is 1. The molecular formula is C46H42N2O3. The molecule has 6 aromatic rings. The van der Waals surface area contributed by atoms with E-state index in [4.69, 9.17) is 10.7 Å². The van der Waals surface area contributed by atoms with Crippen LogP contribution in [-0.4, -0.2) is 21.0 Å². The number of nitrogens with zero attached hydrogens (tertiary/aromatic N) is 1. The zero-order valence-corrected chi connectivity index (χ0v) is 29.4. The van der Waals surface area contributed by atoms with Gasteiger partial charge in [-0.25, -0.2) is 0 Å². The number of nitrogens with two attached hydrogens (primary N) is 1. The van der Waals surface area contributed by atoms with E-state index in [1.807, 2.05) is 13.0 Å². The van der Waals surface area contributed by atoms with Crippen LogP contribution in [0.1, 0.15) is 70.2 Å². The van der Waals surface area contributed by atoms with E-state index in [1.165, 1.54) is 44.5 Å². The number of aliphatic imine (C=N–C) groups is 1. The third-order valence-electron chi connectivity index (χ3n) is 10.7. The molecule has 0 aliphatic heterocycles. The molecule has 0 saturated carbocycles. The Bertz CT molecular complexity index is 2280. The maximum atomic E-state index is 10.5. The molecule has 7 rings (SSSR count). The van der Waals surface area contributed by atoms with Crippen molar-refractivity contribution in [3.63, 3.8) is 0 Å². The number of hydrogen-bond donors (Lipinski definition) is 4. The van der Waals surface area contributed by atoms with Gasteiger partial charge in [-0.15, -0.1) is 0 Å². The van der Waals surface area contributed by atoms with Crippen LogP contribution in [0.15, 0.2) is 121 Å². The molecule has 1 unspecified atom stereocenters. The Morgan fingerprint density at radius 2 is 1.33 bits per heavy atom. The maximum absolute atomic E-state index is 10.5. The molecule has 0 saturated heterocycles. The molecule has 1 aliphatic carbocycles. The fraction of sp³-hybridized carbons (Fsp3) is 0.152. The van der Waals surface area contributed by atoms with E-state index in [-0.39, 0.29) is 24.1 Å². The predicted molar refractivity (Wildman–Crippen MR) is 211 cm³/mol. The van der Waals surface area contributed by atoms with Crippen LogP contribution in [0.3, 0.4) is 0 Å². The second-order valence-electron chi connectivity index (χ2n) is 13.5. The summed E-state index contributed by atoms with van der Waals surface area (Å²) in [5.74, 6) is -1.15. The summed E-state index contributed by atoms with van der Waals surface area (Å²) in [6.07, 6.45) is 1.89. The van der Waals surface area contributed by atoms with Crippen LogP contribution in [0.5, 0.6) is 17.2 Å². The van der Waals surface area contributed by atoms with Crippen molar-refractivity contribution in [3.05, 3.63) is 160 Å². The largest absolute Gasteiger partial charge is 0.504 e. The van der Waals surface area contributed by atoms with Crippen LogP contribution >= 0.6 is 0 Å². The molecule has 0 aromatic heterocycles. The Hall–Kier alpha value is -6.07. The van der Waals surface area contributed by atoms with Gasteiger partial charge in [-0.1, -0.05) is 123 Å². The minimum absolute atomic E-state index is 0.0228. The number of phenolic OH excluding ortho intramolecular Hbond substituents is 3. The smallest absolute Gasteiger partial charge is 0.202 e. The van der Waals surface area contributed by atoms with Gasteiger partial charge in [-0.3, -0.25) is 4.99 Å². The van der Waals surface area contributed by atoms with E-state index in [1.54, 1.807) is 6.92 Å². The number of phenols is 3. The zero-order valence-electron chi connectivity index (χ0n) is 29.4. The lowest BCUT2D eigenvalue weighted by Crippen LogP contribution is -2.08. The number of anilines is 1. The first-order chi connectivity index (χ1) is 24.6. The highest BCUT2D eigenvalue weighted by Crippen LogP contribution is 2.52. The van der Waals surface area contributed by atoms with Crippen molar-refractivity contribution in [2.45, 2.75) is 46.1 Å². The van der Waals surface area contributed by atoms with Crippen LogP contribution in [0, 0.1) is 13.8 Å². The molecule has 6 aromatic carbocycles. The number of rotatable bonds is 8. The lowest BCUT2D eigenvalue weighted by atomic mass is 9.78. The fourth-order valence-electron chi connectivity index (χ4n) is 7.71. The summed E-state index contributed by atoms with van der Waals surface area (Å²) in [4.78, 5) is 4.74. The highest BCUT2D eigenvalue weighted by atomic mass is 16.3. The van der Waals surface area contributed by atoms with Crippen molar-refractivity contribution >= 4 is 17.5 Å². The van der Waals surface area contributed by atoms with Gasteiger partial charge in [0.1, 0.15) is 0 Å². The summed E-state index contributed by atoms with van der Waals surface area (Å²) >= 11 is 0. The standard InChI is InChI=1S/C46H42N2O3/c1-6-30-22-32(29(5)48-25-41-28(4)43(47)45(50)46(51)44(41)49)20-21-34(30)40-24-33(23-39(27(40)3)31-14-8-7-9-15-31)26(2)42-37-18-12-10-16-35(37)36-17-11-13-19-38(36)42/h6-24,26,42,49-51H,1,25,47H2,2-5H3. The fourth-order valence-corrected chi connectivity index (χ4v) is 7.71. The first-order valence-electron chi connectivity index (χ1n) is 17.3. The van der Waals surface area contributed by atoms with Crippen molar-refractivity contribution in [2.24, 2.45) is 4.99 Å². The Kier molecular flexibility index (Phi) is 8.74. The van der Waals surface area contributed by atoms with Crippen LogP contribution in [0.4, 0.5) is 5.69 Å². The summed E-state index contributed by atoms with van der Waals surface area (Å²) in [6, 6.07) is 39.3. The number of aromatic hydroxyl groups is 3. The van der Waals surface area contributed by atoms with Crippen LogP contribution in [0.2, 0.25) is 0 Å². The van der Waals surface area contributed by atoms with Gasteiger partial charge < -0.3 is 21.1 Å². The number of benzene rings is 6. The molecule has 5 nitrogen and oxygen atoms in total. The molecule has 51 heavy (non-hydrogen) atoms. The molecule has 0 amide bonds. The van der Waals surface area contributed by atoms with Gasteiger partial charge in [0.05, 0.1) is 12.2 Å². The third-order valence-corrected chi connectivity index (χ3v) is 10.7. The Morgan fingerprint density at radius 3 is 1.98 bits per heavy atom. The van der Waals surface area contributed by atoms with E-state index in [0.717, 1.165) is 28.0 Å². The Labute approximate surface area is 299 Å². The summed E-state index contributed by atoms with van der Waals surface area (Å²) in [5.41, 5.74) is 21.9. The monoisotopic (exact) mass is 670 g/mol. The predicted octanol–water partition coefficient (Wildman–Crippen LogP) is 10.9. The Balaban J connectivity index is 1.32. The average Bonchev–Trinajstić information content (AvgIpc) is 3.50. The zero-order chi connectivity index (χ0) is 36.0. The van der Waals surface area contributed by atoms with Crippen LogP contribution in [0.25, 0.3) is 39.5 Å². The number of fused-ring (bicyclic) bond motifs is 3. The van der Waals surface area contributed by atoms with Gasteiger partial charge in [0.15, 0.2) is 11.5 Å². The quantitative estimate of drug-likeness (QED) is 0.0560. The molecule has 0 fully saturated rings. The van der Waals surface area contributed by atoms with Gasteiger partial charge in [-0.2, -0.15) is 0 Å². The molecule has 0 heterocycles. The van der Waals surface area contributed by atoms with Crippen molar-refractivity contribution in [2.75, 3.05) is 5.73 Å². The molecule has 0 bridgehead atoms. The highest BCUT2D eigenvalue weighted by Gasteiger charge is 2.33. The van der Waals surface area contributed by atoms with Gasteiger partial charge in [0, 0.05) is 17.2 Å². The van der Waals surface area contributed by atoms with Crippen molar-refractivity contribution in [1.29, 1.82) is 0 Å². The summed E-state index contributed by atoms with van der Waals surface area (Å²) in [5, 5.41) is 30.7. The number of hydrogen-bond acceptors (Lipinski definition) is 5. The average molecular weight is 671 g/mol. The molecule has 1 atom stereocenters. The van der Waals surface area contributed by atoms with Crippen molar-refractivity contribution in [1.82, 2.24) is 0 Å². The first-order valence-corrected chi connectivity index (χ1v) is 17.3. The molecule has 5 heteroatoms. The van der Waals surface area contributed by atoms with E-state index >= 15 is 0 Å². The molecular weight excluding hydrogens is 629 g/mol. The lowest BCUT2D eigenvalue weighted by molar-refractivity contribution is 0.366. The van der Waals surface area contributed by atoms with Crippen LogP contribution < -0.4 is 5.73 Å². The molecule has 0 spiro atoms. The van der Waals surface area contributed by atoms with Crippen LogP contribution in [-0.2, 0) is 6.54 Å². The molecule has 254 valence electrons. The van der Waals surface area contributed by atoms with Crippen molar-refractivity contribution in [3.8, 4) is 50.6 Å². The molecule has 0 radical (unpaired) electrons. The van der Waals surface area contributed by atoms with E-state index in [2.05, 4.69) is 130 Å². The normalized spacial score (nSPS) is 13.1. The summed E-state index contributed by atoms with van der Waals surface area (Å²) in [6.45, 7) is 12.4. The summed E-state index contributed by atoms with van der Waals surface area (Å²) in [7, 11) is 0. The van der Waals surface area contributed by atoms with E-state index < -0.39 is 17.2 Å². The molecule has 5 N–H and O–H groups in total. The minimum atomic E-state index is -0.637. The third kappa shape index (κ3) is 5.75. The van der Waals surface area contributed by atoms with E-state index in [0.29, 0.717) is 11.1 Å². The highest BCUT2D eigenvalue weighted by molar-refractivity contribution is 6.00. The summed E-state index contributed by atoms with van der Waals surface area (Å²) < 4.78 is 0. The van der Waals surface area contributed by atoms with Gasteiger partial charge in [0.25, 0.3) is 0 Å². The van der Waals surface area contributed by atoms with Gasteiger partial charge >= 0.3 is 0 Å². The maximum Gasteiger partial charge on any atom is 0.202 e. The first kappa shape index (κ1) is 33.4. The Morgan fingerprint density at radius 1 is 0.725 bits per heavy atom. The SMILES string of the molecule is C=Cc1cc(C(C)=NCc2c(C)c(N)c(O)c(O)c2O)ccc1-c1cc(C(C)C2c3ccccc3-c3ccccc32)cc(-c2ccccc2)c1C. The lowest BCUT2D eigenvalue weighted by Gasteiger charge is -2.25. The van der Waals surface area contributed by atoms with Crippen molar-refractivity contribution < 1.29 is 15.3 Å². The topological polar surface area (TPSA) is 99.1 Å². The molecule has 1 aliphatic rings. The van der Waals surface area contributed by atoms with Gasteiger partial charge in [-0.05, 0) is 105 Å².